The van der Waals surface area contributed by atoms with Crippen molar-refractivity contribution < 1.29 is 9.53 Å². The van der Waals surface area contributed by atoms with Crippen molar-refractivity contribution in [1.29, 1.82) is 0 Å². The fourth-order valence-electron chi connectivity index (χ4n) is 3.93. The first-order valence-electron chi connectivity index (χ1n) is 8.41. The summed E-state index contributed by atoms with van der Waals surface area (Å²) in [5.74, 6) is 2.09. The van der Waals surface area contributed by atoms with E-state index in [1.165, 1.54) is 0 Å². The van der Waals surface area contributed by atoms with Crippen LogP contribution in [0.1, 0.15) is 30.9 Å². The van der Waals surface area contributed by atoms with Crippen LogP contribution in [0.4, 0.5) is 0 Å². The highest BCUT2D eigenvalue weighted by Crippen LogP contribution is 2.40. The molecule has 3 heterocycles. The fraction of sp³-hybridized carbons (Fsp3) is 0.812. The van der Waals surface area contributed by atoms with E-state index in [4.69, 9.17) is 4.74 Å². The molecule has 0 aliphatic carbocycles. The molecule has 0 aromatic carbocycles. The molecule has 2 saturated heterocycles. The van der Waals surface area contributed by atoms with Crippen molar-refractivity contribution in [3.8, 4) is 0 Å². The molecule has 7 heteroatoms. The van der Waals surface area contributed by atoms with Crippen LogP contribution in [0.3, 0.4) is 0 Å². The minimum atomic E-state index is -0.195. The van der Waals surface area contributed by atoms with Gasteiger partial charge in [0, 0.05) is 33.8 Å². The lowest BCUT2D eigenvalue weighted by Gasteiger charge is -2.39. The van der Waals surface area contributed by atoms with E-state index in [0.717, 1.165) is 57.1 Å². The standard InChI is InChI=1S/C16H27N5O2/c1-13-17-14(19(2)18-13)11-20-8-6-16(12-20)5-4-7-21(15(16)22)9-10-23-3/h4-12H2,1-3H3/t16-/m1/s1. The first kappa shape index (κ1) is 16.4. The third kappa shape index (κ3) is 3.26. The molecule has 1 spiro atoms. The number of hydrogen-bond donors (Lipinski definition) is 0. The zero-order chi connectivity index (χ0) is 16.4. The quantitative estimate of drug-likeness (QED) is 0.794. The summed E-state index contributed by atoms with van der Waals surface area (Å²) in [6, 6.07) is 0. The van der Waals surface area contributed by atoms with Crippen molar-refractivity contribution >= 4 is 5.91 Å². The lowest BCUT2D eigenvalue weighted by Crippen LogP contribution is -2.50. The smallest absolute Gasteiger partial charge is 0.230 e. The van der Waals surface area contributed by atoms with Crippen molar-refractivity contribution in [1.82, 2.24) is 24.6 Å². The number of rotatable bonds is 5. The van der Waals surface area contributed by atoms with Gasteiger partial charge < -0.3 is 9.64 Å². The molecule has 1 amide bonds. The highest BCUT2D eigenvalue weighted by molar-refractivity contribution is 5.84. The second kappa shape index (κ2) is 6.57. The van der Waals surface area contributed by atoms with Gasteiger partial charge in [0.1, 0.15) is 11.6 Å². The number of piperidine rings is 1. The summed E-state index contributed by atoms with van der Waals surface area (Å²) in [6.07, 6.45) is 3.04. The zero-order valence-corrected chi connectivity index (χ0v) is 14.4. The SMILES string of the molecule is COCCN1CCC[C@]2(CCN(Cc3nc(C)nn3C)C2)C1=O. The van der Waals surface area contributed by atoms with Gasteiger partial charge in [0.2, 0.25) is 5.91 Å². The van der Waals surface area contributed by atoms with Crippen LogP contribution in [0.2, 0.25) is 0 Å². The van der Waals surface area contributed by atoms with E-state index in [1.54, 1.807) is 7.11 Å². The number of aryl methyl sites for hydroxylation is 2. The fourth-order valence-corrected chi connectivity index (χ4v) is 3.93. The largest absolute Gasteiger partial charge is 0.383 e. The Labute approximate surface area is 137 Å². The first-order valence-corrected chi connectivity index (χ1v) is 8.41. The van der Waals surface area contributed by atoms with E-state index in [-0.39, 0.29) is 5.41 Å². The maximum absolute atomic E-state index is 12.9. The van der Waals surface area contributed by atoms with Crippen LogP contribution >= 0.6 is 0 Å². The van der Waals surface area contributed by atoms with Crippen molar-refractivity contribution in [2.45, 2.75) is 32.7 Å². The molecule has 1 aromatic heterocycles. The number of ether oxygens (including phenoxy) is 1. The van der Waals surface area contributed by atoms with Gasteiger partial charge >= 0.3 is 0 Å². The summed E-state index contributed by atoms with van der Waals surface area (Å²) in [7, 11) is 3.61. The third-order valence-electron chi connectivity index (χ3n) is 5.15. The molecule has 0 N–H and O–H groups in total. The Morgan fingerprint density at radius 2 is 2.13 bits per heavy atom. The van der Waals surface area contributed by atoms with Crippen LogP contribution in [0, 0.1) is 12.3 Å². The average Bonchev–Trinajstić information content (AvgIpc) is 3.06. The van der Waals surface area contributed by atoms with Gasteiger partial charge in [-0.2, -0.15) is 5.10 Å². The van der Waals surface area contributed by atoms with Gasteiger partial charge in [-0.3, -0.25) is 14.4 Å². The normalized spacial score (nSPS) is 25.7. The Bertz CT molecular complexity index is 573. The molecule has 2 fully saturated rings. The van der Waals surface area contributed by atoms with Crippen molar-refractivity contribution in [3.05, 3.63) is 11.6 Å². The van der Waals surface area contributed by atoms with E-state index < -0.39 is 0 Å². The lowest BCUT2D eigenvalue weighted by atomic mass is 9.78. The van der Waals surface area contributed by atoms with Crippen LogP contribution in [0.5, 0.6) is 0 Å². The van der Waals surface area contributed by atoms with Gasteiger partial charge in [-0.25, -0.2) is 4.98 Å². The Kier molecular flexibility index (Phi) is 4.68. The number of nitrogens with zero attached hydrogens (tertiary/aromatic N) is 5. The molecule has 0 saturated carbocycles. The Balaban J connectivity index is 1.65. The minimum absolute atomic E-state index is 0.195. The van der Waals surface area contributed by atoms with Crippen LogP contribution in [0.15, 0.2) is 0 Å². The van der Waals surface area contributed by atoms with Gasteiger partial charge in [0.05, 0.1) is 18.6 Å². The second-order valence-corrected chi connectivity index (χ2v) is 6.83. The zero-order valence-electron chi connectivity index (χ0n) is 14.4. The summed E-state index contributed by atoms with van der Waals surface area (Å²) >= 11 is 0. The van der Waals surface area contributed by atoms with E-state index in [9.17, 15) is 4.79 Å². The molecule has 0 unspecified atom stereocenters. The molecule has 2 aliphatic heterocycles. The van der Waals surface area contributed by atoms with E-state index in [0.29, 0.717) is 19.1 Å². The number of hydrogen-bond acceptors (Lipinski definition) is 5. The van der Waals surface area contributed by atoms with Crippen LogP contribution in [0.25, 0.3) is 0 Å². The number of methoxy groups -OCH3 is 1. The Morgan fingerprint density at radius 1 is 1.30 bits per heavy atom. The highest BCUT2D eigenvalue weighted by atomic mass is 16.5. The predicted molar refractivity (Wildman–Crippen MR) is 85.8 cm³/mol. The molecule has 0 bridgehead atoms. The molecular weight excluding hydrogens is 294 g/mol. The predicted octanol–water partition coefficient (Wildman–Crippen LogP) is 0.584. The van der Waals surface area contributed by atoms with Gasteiger partial charge in [-0.05, 0) is 32.7 Å². The molecule has 1 atom stereocenters. The maximum Gasteiger partial charge on any atom is 0.230 e. The molecular formula is C16H27N5O2. The summed E-state index contributed by atoms with van der Waals surface area (Å²) in [5, 5.41) is 4.31. The molecule has 1 aromatic rings. The topological polar surface area (TPSA) is 63.5 Å². The summed E-state index contributed by atoms with van der Waals surface area (Å²) in [4.78, 5) is 21.8. The van der Waals surface area contributed by atoms with E-state index in [1.807, 2.05) is 23.6 Å². The second-order valence-electron chi connectivity index (χ2n) is 6.83. The molecule has 2 aliphatic rings. The van der Waals surface area contributed by atoms with Crippen LogP contribution in [-0.4, -0.2) is 70.4 Å². The monoisotopic (exact) mass is 321 g/mol. The highest BCUT2D eigenvalue weighted by Gasteiger charge is 2.48. The molecule has 7 nitrogen and oxygen atoms in total. The minimum Gasteiger partial charge on any atom is -0.383 e. The summed E-state index contributed by atoms with van der Waals surface area (Å²) in [6.45, 7) is 6.66. The van der Waals surface area contributed by atoms with E-state index in [2.05, 4.69) is 15.0 Å². The van der Waals surface area contributed by atoms with Crippen LogP contribution < -0.4 is 0 Å². The Hall–Kier alpha value is -1.47. The molecule has 128 valence electrons. The number of aromatic nitrogens is 3. The number of carbonyl (C=O) groups is 1. The van der Waals surface area contributed by atoms with Crippen molar-refractivity contribution in [2.75, 3.05) is 39.9 Å². The van der Waals surface area contributed by atoms with Crippen LogP contribution in [-0.2, 0) is 23.1 Å². The number of amides is 1. The van der Waals surface area contributed by atoms with Crippen molar-refractivity contribution in [2.24, 2.45) is 12.5 Å². The number of carbonyl (C=O) groups excluding carboxylic acids is 1. The van der Waals surface area contributed by atoms with E-state index >= 15 is 0 Å². The third-order valence-corrected chi connectivity index (χ3v) is 5.15. The lowest BCUT2D eigenvalue weighted by molar-refractivity contribution is -0.146. The average molecular weight is 321 g/mol. The summed E-state index contributed by atoms with van der Waals surface area (Å²) < 4.78 is 6.98. The maximum atomic E-state index is 12.9. The first-order chi connectivity index (χ1) is 11.0. The molecule has 23 heavy (non-hydrogen) atoms. The molecule has 0 radical (unpaired) electrons. The van der Waals surface area contributed by atoms with Crippen molar-refractivity contribution in [3.63, 3.8) is 0 Å². The number of likely N-dealkylation sites (tertiary alicyclic amines) is 2. The Morgan fingerprint density at radius 3 is 2.83 bits per heavy atom. The van der Waals surface area contributed by atoms with Gasteiger partial charge in [-0.15, -0.1) is 0 Å². The molecule has 3 rings (SSSR count). The van der Waals surface area contributed by atoms with Gasteiger partial charge in [-0.1, -0.05) is 0 Å². The van der Waals surface area contributed by atoms with Gasteiger partial charge in [0.15, 0.2) is 0 Å². The van der Waals surface area contributed by atoms with Gasteiger partial charge in [0.25, 0.3) is 0 Å². The summed E-state index contributed by atoms with van der Waals surface area (Å²) in [5.41, 5.74) is -0.195.